The normalized spacial score (nSPS) is 20.6. The van der Waals surface area contributed by atoms with Gasteiger partial charge in [-0.2, -0.15) is 11.3 Å². The molecule has 0 aliphatic carbocycles. The second-order valence-corrected chi connectivity index (χ2v) is 8.29. The Bertz CT molecular complexity index is 745. The molecule has 1 unspecified atom stereocenters. The van der Waals surface area contributed by atoms with E-state index >= 15 is 0 Å². The van der Waals surface area contributed by atoms with Crippen molar-refractivity contribution in [2.45, 2.75) is 50.8 Å². The Morgan fingerprint density at radius 1 is 1.23 bits per heavy atom. The highest BCUT2D eigenvalue weighted by atomic mass is 32.1. The van der Waals surface area contributed by atoms with Gasteiger partial charge in [-0.3, -0.25) is 4.79 Å². The zero-order valence-electron chi connectivity index (χ0n) is 15.2. The van der Waals surface area contributed by atoms with Gasteiger partial charge in [0.15, 0.2) is 0 Å². The van der Waals surface area contributed by atoms with Gasteiger partial charge < -0.3 is 15.7 Å². The van der Waals surface area contributed by atoms with Crippen LogP contribution < -0.4 is 10.6 Å². The molecule has 5 heteroatoms. The van der Waals surface area contributed by atoms with Crippen LogP contribution in [0, 0.1) is 0 Å². The van der Waals surface area contributed by atoms with Gasteiger partial charge in [0.2, 0.25) is 5.91 Å². The molecule has 1 saturated heterocycles. The molecular weight excluding hydrogens is 344 g/mol. The summed E-state index contributed by atoms with van der Waals surface area (Å²) < 4.78 is 0. The van der Waals surface area contributed by atoms with Gasteiger partial charge in [-0.05, 0) is 73.2 Å². The van der Waals surface area contributed by atoms with Gasteiger partial charge in [0, 0.05) is 11.7 Å². The van der Waals surface area contributed by atoms with Gasteiger partial charge in [0.25, 0.3) is 0 Å². The van der Waals surface area contributed by atoms with Crippen molar-refractivity contribution in [3.05, 3.63) is 52.2 Å². The molecule has 1 aromatic carbocycles. The third-order valence-corrected chi connectivity index (χ3v) is 5.19. The van der Waals surface area contributed by atoms with Crippen LogP contribution in [-0.4, -0.2) is 28.7 Å². The van der Waals surface area contributed by atoms with Crippen LogP contribution in [0.1, 0.15) is 44.2 Å². The molecule has 0 bridgehead atoms. The molecule has 0 spiro atoms. The topological polar surface area (TPSA) is 61.4 Å². The minimum Gasteiger partial charge on any atom is -0.390 e. The maximum Gasteiger partial charge on any atom is 0.241 e. The molecule has 0 saturated carbocycles. The van der Waals surface area contributed by atoms with Gasteiger partial charge in [-0.15, -0.1) is 0 Å². The van der Waals surface area contributed by atoms with Crippen molar-refractivity contribution in [3.8, 4) is 0 Å². The molecule has 2 heterocycles. The first-order valence-corrected chi connectivity index (χ1v) is 9.93. The number of amides is 1. The van der Waals surface area contributed by atoms with E-state index in [0.717, 1.165) is 24.1 Å². The highest BCUT2D eigenvalue weighted by molar-refractivity contribution is 7.08. The van der Waals surface area contributed by atoms with Crippen molar-refractivity contribution >= 4 is 35.1 Å². The van der Waals surface area contributed by atoms with Crippen molar-refractivity contribution in [3.63, 3.8) is 0 Å². The van der Waals surface area contributed by atoms with Gasteiger partial charge in [-0.25, -0.2) is 0 Å². The third-order valence-electron chi connectivity index (χ3n) is 4.49. The molecule has 1 aliphatic heterocycles. The van der Waals surface area contributed by atoms with E-state index in [1.807, 2.05) is 24.3 Å². The van der Waals surface area contributed by atoms with Crippen molar-refractivity contribution in [2.75, 3.05) is 5.32 Å². The molecule has 3 rings (SSSR count). The van der Waals surface area contributed by atoms with Crippen molar-refractivity contribution in [1.82, 2.24) is 5.32 Å². The van der Waals surface area contributed by atoms with Gasteiger partial charge >= 0.3 is 0 Å². The number of hydrogen-bond donors (Lipinski definition) is 3. The zero-order valence-corrected chi connectivity index (χ0v) is 16.1. The number of rotatable bonds is 6. The lowest BCUT2D eigenvalue weighted by atomic mass is 9.98. The monoisotopic (exact) mass is 370 g/mol. The smallest absolute Gasteiger partial charge is 0.241 e. The summed E-state index contributed by atoms with van der Waals surface area (Å²) in [5, 5.41) is 20.4. The number of benzene rings is 1. The van der Waals surface area contributed by atoms with Crippen molar-refractivity contribution in [1.29, 1.82) is 0 Å². The minimum absolute atomic E-state index is 0.00943. The predicted molar refractivity (Wildman–Crippen MR) is 109 cm³/mol. The Labute approximate surface area is 159 Å². The molecule has 26 heavy (non-hydrogen) atoms. The summed E-state index contributed by atoms with van der Waals surface area (Å²) in [6.45, 7) is 3.60. The fourth-order valence-corrected chi connectivity index (χ4v) is 3.89. The van der Waals surface area contributed by atoms with E-state index in [4.69, 9.17) is 0 Å². The Morgan fingerprint density at radius 3 is 2.62 bits per heavy atom. The number of carbonyl (C=O) groups is 1. The summed E-state index contributed by atoms with van der Waals surface area (Å²) in [4.78, 5) is 12.4. The maximum atomic E-state index is 12.4. The van der Waals surface area contributed by atoms with Crippen molar-refractivity contribution < 1.29 is 9.90 Å². The van der Waals surface area contributed by atoms with Crippen LogP contribution in [0.2, 0.25) is 0 Å². The SMILES string of the molecule is CC(C)(O)CC1CC[C@H](C(=O)Nc2ccc(/C=C/c3ccsc3)cc2)N1. The van der Waals surface area contributed by atoms with E-state index < -0.39 is 5.60 Å². The summed E-state index contributed by atoms with van der Waals surface area (Å²) in [7, 11) is 0. The van der Waals surface area contributed by atoms with E-state index in [9.17, 15) is 9.90 Å². The lowest BCUT2D eigenvalue weighted by Gasteiger charge is -2.22. The molecule has 1 fully saturated rings. The van der Waals surface area contributed by atoms with E-state index in [0.29, 0.717) is 6.42 Å². The molecule has 4 nitrogen and oxygen atoms in total. The fourth-order valence-electron chi connectivity index (χ4n) is 3.26. The van der Waals surface area contributed by atoms with Crippen LogP contribution in [0.15, 0.2) is 41.1 Å². The van der Waals surface area contributed by atoms with E-state index in [1.54, 1.807) is 25.2 Å². The maximum absolute atomic E-state index is 12.4. The van der Waals surface area contributed by atoms with E-state index in [-0.39, 0.29) is 18.0 Å². The summed E-state index contributed by atoms with van der Waals surface area (Å²) >= 11 is 1.68. The predicted octanol–water partition coefficient (Wildman–Crippen LogP) is 4.14. The number of thiophene rings is 1. The van der Waals surface area contributed by atoms with E-state index in [1.165, 1.54) is 5.56 Å². The van der Waals surface area contributed by atoms with Gasteiger partial charge in [-0.1, -0.05) is 24.3 Å². The Kier molecular flexibility index (Phi) is 5.91. The molecule has 1 aliphatic rings. The zero-order chi connectivity index (χ0) is 18.6. The Morgan fingerprint density at radius 2 is 1.96 bits per heavy atom. The van der Waals surface area contributed by atoms with Crippen LogP contribution in [0.5, 0.6) is 0 Å². The molecule has 2 aromatic rings. The van der Waals surface area contributed by atoms with Crippen molar-refractivity contribution in [2.24, 2.45) is 0 Å². The standard InChI is InChI=1S/C21H26N2O2S/c1-21(2,25)13-18-9-10-19(22-18)20(24)23-17-7-5-15(6-8-17)3-4-16-11-12-26-14-16/h3-8,11-12,14,18-19,22,25H,9-10,13H2,1-2H3,(H,23,24)/b4-3+/t18?,19-/m1/s1. The summed E-state index contributed by atoms with van der Waals surface area (Å²) in [5.74, 6) is -0.00943. The molecule has 1 amide bonds. The second-order valence-electron chi connectivity index (χ2n) is 7.51. The summed E-state index contributed by atoms with van der Waals surface area (Å²) in [6.07, 6.45) is 6.51. The van der Waals surface area contributed by atoms with Crippen LogP contribution in [0.3, 0.4) is 0 Å². The molecule has 0 radical (unpaired) electrons. The van der Waals surface area contributed by atoms with Gasteiger partial charge in [0.05, 0.1) is 11.6 Å². The fraction of sp³-hybridized carbons (Fsp3) is 0.381. The number of aliphatic hydroxyl groups is 1. The number of anilines is 1. The first-order chi connectivity index (χ1) is 12.4. The molecule has 3 N–H and O–H groups in total. The number of carbonyl (C=O) groups excluding carboxylic acids is 1. The van der Waals surface area contributed by atoms with Crippen LogP contribution >= 0.6 is 11.3 Å². The number of nitrogens with one attached hydrogen (secondary N) is 2. The summed E-state index contributed by atoms with van der Waals surface area (Å²) in [5.41, 5.74) is 2.38. The minimum atomic E-state index is -0.713. The summed E-state index contributed by atoms with van der Waals surface area (Å²) in [6, 6.07) is 9.92. The average molecular weight is 371 g/mol. The Balaban J connectivity index is 1.52. The van der Waals surface area contributed by atoms with Crippen LogP contribution in [0.25, 0.3) is 12.2 Å². The lowest BCUT2D eigenvalue weighted by Crippen LogP contribution is -2.41. The van der Waals surface area contributed by atoms with E-state index in [2.05, 4.69) is 39.6 Å². The first kappa shape index (κ1) is 18.8. The molecular formula is C21H26N2O2S. The molecule has 1 aromatic heterocycles. The molecule has 2 atom stereocenters. The van der Waals surface area contributed by atoms with Crippen LogP contribution in [0.4, 0.5) is 5.69 Å². The quantitative estimate of drug-likeness (QED) is 0.716. The average Bonchev–Trinajstić information content (AvgIpc) is 3.24. The molecule has 138 valence electrons. The Hall–Kier alpha value is -1.95. The number of hydrogen-bond acceptors (Lipinski definition) is 4. The lowest BCUT2D eigenvalue weighted by molar-refractivity contribution is -0.117. The first-order valence-electron chi connectivity index (χ1n) is 8.99. The second kappa shape index (κ2) is 8.16. The highest BCUT2D eigenvalue weighted by Crippen LogP contribution is 2.22. The largest absolute Gasteiger partial charge is 0.390 e. The highest BCUT2D eigenvalue weighted by Gasteiger charge is 2.31. The van der Waals surface area contributed by atoms with Crippen LogP contribution in [-0.2, 0) is 4.79 Å². The van der Waals surface area contributed by atoms with Gasteiger partial charge in [0.1, 0.15) is 0 Å². The third kappa shape index (κ3) is 5.53.